The second-order valence-electron chi connectivity index (χ2n) is 7.92. The summed E-state index contributed by atoms with van der Waals surface area (Å²) in [7, 11) is 0. The van der Waals surface area contributed by atoms with Crippen molar-refractivity contribution in [3.63, 3.8) is 0 Å². The molecular weight excluding hydrogens is 336 g/mol. The van der Waals surface area contributed by atoms with E-state index in [4.69, 9.17) is 10.1 Å². The minimum atomic E-state index is 0.493. The first-order valence-electron chi connectivity index (χ1n) is 10.0. The molecular formula is C21H26N6. The van der Waals surface area contributed by atoms with Crippen molar-refractivity contribution in [3.05, 3.63) is 54.2 Å². The van der Waals surface area contributed by atoms with Gasteiger partial charge in [0.05, 0.1) is 11.9 Å². The van der Waals surface area contributed by atoms with Gasteiger partial charge in [0.25, 0.3) is 0 Å². The molecule has 2 fully saturated rings. The molecule has 1 saturated heterocycles. The third-order valence-corrected chi connectivity index (χ3v) is 5.73. The molecule has 27 heavy (non-hydrogen) atoms. The highest BCUT2D eigenvalue weighted by Crippen LogP contribution is 2.32. The van der Waals surface area contributed by atoms with Crippen LogP contribution in [-0.2, 0) is 6.54 Å². The molecule has 1 N–H and O–H groups in total. The van der Waals surface area contributed by atoms with Crippen LogP contribution in [-0.4, -0.2) is 44.1 Å². The Labute approximate surface area is 159 Å². The van der Waals surface area contributed by atoms with Crippen molar-refractivity contribution in [3.8, 4) is 0 Å². The first-order chi connectivity index (χ1) is 13.3. The second kappa shape index (κ2) is 7.27. The molecule has 0 atom stereocenters. The second-order valence-corrected chi connectivity index (χ2v) is 7.92. The standard InChI is InChI=1S/C21H26N6/c1-2-17(12-22-9-1)13-23-19-5-6-20-24-21(25-27(20)15-19)18-7-10-26(11-8-18)14-16-3-4-16/h1-2,5-6,9,12,15-16,18,23H,3-4,7-8,10-11,13-14H2. The zero-order chi connectivity index (χ0) is 18.1. The molecule has 140 valence electrons. The van der Waals surface area contributed by atoms with Gasteiger partial charge in [-0.15, -0.1) is 0 Å². The number of hydrogen-bond acceptors (Lipinski definition) is 5. The molecule has 0 bridgehead atoms. The van der Waals surface area contributed by atoms with Gasteiger partial charge in [0.1, 0.15) is 0 Å². The Bertz CT molecular complexity index is 893. The lowest BCUT2D eigenvalue weighted by molar-refractivity contribution is 0.202. The van der Waals surface area contributed by atoms with Gasteiger partial charge in [0.2, 0.25) is 0 Å². The summed E-state index contributed by atoms with van der Waals surface area (Å²) in [6, 6.07) is 8.15. The maximum absolute atomic E-state index is 4.79. The van der Waals surface area contributed by atoms with Crippen molar-refractivity contribution >= 4 is 11.3 Å². The molecule has 4 heterocycles. The van der Waals surface area contributed by atoms with Crippen LogP contribution in [0.2, 0.25) is 0 Å². The molecule has 1 saturated carbocycles. The lowest BCUT2D eigenvalue weighted by Gasteiger charge is -2.30. The average Bonchev–Trinajstić information content (AvgIpc) is 3.43. The summed E-state index contributed by atoms with van der Waals surface area (Å²) in [5, 5.41) is 8.22. The molecule has 0 radical (unpaired) electrons. The molecule has 6 heteroatoms. The fourth-order valence-electron chi connectivity index (χ4n) is 3.92. The van der Waals surface area contributed by atoms with E-state index in [1.54, 1.807) is 6.20 Å². The minimum Gasteiger partial charge on any atom is -0.380 e. The number of rotatable bonds is 6. The zero-order valence-electron chi connectivity index (χ0n) is 15.6. The SMILES string of the molecule is c1cncc(CNc2ccc3nc(C4CCN(CC5CC5)CC4)nn3c2)c1. The highest BCUT2D eigenvalue weighted by molar-refractivity contribution is 5.49. The van der Waals surface area contributed by atoms with Gasteiger partial charge >= 0.3 is 0 Å². The first-order valence-corrected chi connectivity index (χ1v) is 10.0. The van der Waals surface area contributed by atoms with Crippen LogP contribution in [0.3, 0.4) is 0 Å². The van der Waals surface area contributed by atoms with Crippen LogP contribution >= 0.6 is 0 Å². The molecule has 0 aromatic carbocycles. The predicted octanol–water partition coefficient (Wildman–Crippen LogP) is 3.33. The molecule has 3 aromatic rings. The zero-order valence-corrected chi connectivity index (χ0v) is 15.6. The summed E-state index contributed by atoms with van der Waals surface area (Å²) in [6.07, 6.45) is 10.9. The maximum atomic E-state index is 4.79. The smallest absolute Gasteiger partial charge is 0.155 e. The third kappa shape index (κ3) is 3.95. The number of hydrogen-bond donors (Lipinski definition) is 1. The molecule has 0 amide bonds. The van der Waals surface area contributed by atoms with Crippen LogP contribution in [0.4, 0.5) is 5.69 Å². The van der Waals surface area contributed by atoms with E-state index in [1.807, 2.05) is 29.0 Å². The Morgan fingerprint density at radius 3 is 2.74 bits per heavy atom. The van der Waals surface area contributed by atoms with Crippen molar-refractivity contribution in [2.45, 2.75) is 38.1 Å². The van der Waals surface area contributed by atoms with Crippen molar-refractivity contribution in [1.82, 2.24) is 24.5 Å². The van der Waals surface area contributed by atoms with Crippen molar-refractivity contribution in [1.29, 1.82) is 0 Å². The molecule has 0 spiro atoms. The summed E-state index contributed by atoms with van der Waals surface area (Å²) in [5.74, 6) is 2.48. The van der Waals surface area contributed by atoms with Gasteiger partial charge in [-0.05, 0) is 68.5 Å². The monoisotopic (exact) mass is 362 g/mol. The van der Waals surface area contributed by atoms with Crippen molar-refractivity contribution < 1.29 is 0 Å². The highest BCUT2D eigenvalue weighted by Gasteiger charge is 2.28. The van der Waals surface area contributed by atoms with Crippen LogP contribution in [0, 0.1) is 5.92 Å². The molecule has 6 nitrogen and oxygen atoms in total. The number of piperidine rings is 1. The van der Waals surface area contributed by atoms with Crippen LogP contribution in [0.1, 0.15) is 43.0 Å². The number of likely N-dealkylation sites (tertiary alicyclic amines) is 1. The summed E-state index contributed by atoms with van der Waals surface area (Å²) in [5.41, 5.74) is 3.13. The maximum Gasteiger partial charge on any atom is 0.155 e. The fraction of sp³-hybridized carbons (Fsp3) is 0.476. The van der Waals surface area contributed by atoms with Crippen LogP contribution in [0.15, 0.2) is 42.9 Å². The van der Waals surface area contributed by atoms with Crippen molar-refractivity contribution in [2.24, 2.45) is 5.92 Å². The van der Waals surface area contributed by atoms with E-state index in [-0.39, 0.29) is 0 Å². The lowest BCUT2D eigenvalue weighted by Crippen LogP contribution is -2.34. The van der Waals surface area contributed by atoms with E-state index in [1.165, 1.54) is 45.3 Å². The number of fused-ring (bicyclic) bond motifs is 1. The number of pyridine rings is 2. The van der Waals surface area contributed by atoms with Crippen LogP contribution in [0.5, 0.6) is 0 Å². The number of nitrogens with zero attached hydrogens (tertiary/aromatic N) is 5. The summed E-state index contributed by atoms with van der Waals surface area (Å²) >= 11 is 0. The Kier molecular flexibility index (Phi) is 4.49. The predicted molar refractivity (Wildman–Crippen MR) is 106 cm³/mol. The Balaban J connectivity index is 1.23. The molecule has 2 aliphatic rings. The average molecular weight is 362 g/mol. The Hall–Kier alpha value is -2.47. The Morgan fingerprint density at radius 2 is 1.96 bits per heavy atom. The van der Waals surface area contributed by atoms with Gasteiger partial charge in [-0.2, -0.15) is 5.10 Å². The quantitative estimate of drug-likeness (QED) is 0.729. The summed E-state index contributed by atoms with van der Waals surface area (Å²) < 4.78 is 1.91. The minimum absolute atomic E-state index is 0.493. The molecule has 1 aliphatic carbocycles. The van der Waals surface area contributed by atoms with Gasteiger partial charge in [0, 0.05) is 31.4 Å². The summed E-state index contributed by atoms with van der Waals surface area (Å²) in [4.78, 5) is 11.6. The third-order valence-electron chi connectivity index (χ3n) is 5.73. The van der Waals surface area contributed by atoms with Crippen LogP contribution in [0.25, 0.3) is 5.65 Å². The van der Waals surface area contributed by atoms with Gasteiger partial charge < -0.3 is 10.2 Å². The van der Waals surface area contributed by atoms with E-state index in [9.17, 15) is 0 Å². The largest absolute Gasteiger partial charge is 0.380 e. The van der Waals surface area contributed by atoms with Gasteiger partial charge in [0.15, 0.2) is 11.5 Å². The first kappa shape index (κ1) is 16.7. The van der Waals surface area contributed by atoms with Gasteiger partial charge in [-0.3, -0.25) is 4.98 Å². The summed E-state index contributed by atoms with van der Waals surface area (Å²) in [6.45, 7) is 4.43. The number of nitrogens with one attached hydrogen (secondary N) is 1. The van der Waals surface area contributed by atoms with Crippen LogP contribution < -0.4 is 5.32 Å². The van der Waals surface area contributed by atoms with E-state index in [2.05, 4.69) is 27.3 Å². The van der Waals surface area contributed by atoms with E-state index in [0.717, 1.165) is 35.2 Å². The van der Waals surface area contributed by atoms with E-state index < -0.39 is 0 Å². The normalized spacial score (nSPS) is 18.8. The Morgan fingerprint density at radius 1 is 1.07 bits per heavy atom. The number of anilines is 1. The molecule has 0 unspecified atom stereocenters. The fourth-order valence-corrected chi connectivity index (χ4v) is 3.92. The number of aromatic nitrogens is 4. The lowest BCUT2D eigenvalue weighted by atomic mass is 9.96. The van der Waals surface area contributed by atoms with E-state index in [0.29, 0.717) is 5.92 Å². The molecule has 1 aliphatic heterocycles. The van der Waals surface area contributed by atoms with Gasteiger partial charge in [-0.25, -0.2) is 9.50 Å². The highest BCUT2D eigenvalue weighted by atomic mass is 15.3. The van der Waals surface area contributed by atoms with E-state index >= 15 is 0 Å². The molecule has 5 rings (SSSR count). The topological polar surface area (TPSA) is 58.4 Å². The molecule has 3 aromatic heterocycles. The van der Waals surface area contributed by atoms with Gasteiger partial charge in [-0.1, -0.05) is 6.07 Å². The van der Waals surface area contributed by atoms with Crippen molar-refractivity contribution in [2.75, 3.05) is 25.0 Å².